The Hall–Kier alpha value is -3.32. The zero-order valence-electron chi connectivity index (χ0n) is 17.8. The second-order valence-electron chi connectivity index (χ2n) is 8.08. The summed E-state index contributed by atoms with van der Waals surface area (Å²) in [6.45, 7) is 6.03. The highest BCUT2D eigenvalue weighted by atomic mass is 16.5. The summed E-state index contributed by atoms with van der Waals surface area (Å²) in [5.74, 6) is 1.49. The van der Waals surface area contributed by atoms with Gasteiger partial charge in [-0.15, -0.1) is 0 Å². The summed E-state index contributed by atoms with van der Waals surface area (Å²) in [5, 5.41) is 8.81. The molecule has 3 heterocycles. The Labute approximate surface area is 176 Å². The van der Waals surface area contributed by atoms with Gasteiger partial charge in [-0.1, -0.05) is 43.3 Å². The predicted octanol–water partition coefficient (Wildman–Crippen LogP) is 4.38. The van der Waals surface area contributed by atoms with Gasteiger partial charge in [-0.05, 0) is 37.7 Å². The SMILES string of the molecule is CC(C)Cn1ncc(-c2nc(-c3ccc(CN(C)C)cc3)no2)c1-c1ccncc1. The van der Waals surface area contributed by atoms with E-state index in [1.54, 1.807) is 18.6 Å². The molecule has 1 aromatic carbocycles. The van der Waals surface area contributed by atoms with Crippen molar-refractivity contribution in [2.45, 2.75) is 26.9 Å². The molecule has 0 saturated heterocycles. The van der Waals surface area contributed by atoms with Crippen LogP contribution in [0.1, 0.15) is 19.4 Å². The first kappa shape index (κ1) is 20.0. The van der Waals surface area contributed by atoms with Gasteiger partial charge in [0.15, 0.2) is 0 Å². The normalized spacial score (nSPS) is 11.5. The summed E-state index contributed by atoms with van der Waals surface area (Å²) in [7, 11) is 4.11. The zero-order valence-corrected chi connectivity index (χ0v) is 17.8. The molecule has 0 amide bonds. The summed E-state index contributed by atoms with van der Waals surface area (Å²) in [6, 6.07) is 12.2. The molecular weight excluding hydrogens is 376 g/mol. The summed E-state index contributed by atoms with van der Waals surface area (Å²) < 4.78 is 7.64. The van der Waals surface area contributed by atoms with Gasteiger partial charge < -0.3 is 9.42 Å². The Bertz CT molecular complexity index is 1100. The van der Waals surface area contributed by atoms with Crippen molar-refractivity contribution in [3.05, 3.63) is 60.6 Å². The first-order valence-electron chi connectivity index (χ1n) is 10.1. The fourth-order valence-electron chi connectivity index (χ4n) is 3.41. The molecule has 0 atom stereocenters. The fourth-order valence-corrected chi connectivity index (χ4v) is 3.41. The molecule has 30 heavy (non-hydrogen) atoms. The largest absolute Gasteiger partial charge is 0.333 e. The molecule has 0 unspecified atom stereocenters. The monoisotopic (exact) mass is 402 g/mol. The number of benzene rings is 1. The fraction of sp³-hybridized carbons (Fsp3) is 0.304. The quantitative estimate of drug-likeness (QED) is 0.457. The molecule has 0 aliphatic heterocycles. The average molecular weight is 403 g/mol. The van der Waals surface area contributed by atoms with Crippen LogP contribution >= 0.6 is 0 Å². The Morgan fingerprint density at radius 1 is 1.00 bits per heavy atom. The maximum Gasteiger partial charge on any atom is 0.262 e. The summed E-state index contributed by atoms with van der Waals surface area (Å²) in [5.41, 5.74) is 4.97. The van der Waals surface area contributed by atoms with Gasteiger partial charge in [-0.25, -0.2) is 0 Å². The standard InChI is InChI=1S/C23H26N6O/c1-16(2)14-29-21(18-9-11-24-12-10-18)20(13-25-29)23-26-22(27-30-23)19-7-5-17(6-8-19)15-28(3)4/h5-13,16H,14-15H2,1-4H3. The van der Waals surface area contributed by atoms with Gasteiger partial charge in [-0.3, -0.25) is 9.67 Å². The van der Waals surface area contributed by atoms with Crippen molar-refractivity contribution in [2.24, 2.45) is 5.92 Å². The molecule has 4 aromatic rings. The maximum atomic E-state index is 5.64. The molecular formula is C23H26N6O. The number of rotatable bonds is 7. The summed E-state index contributed by atoms with van der Waals surface area (Å²) >= 11 is 0. The summed E-state index contributed by atoms with van der Waals surface area (Å²) in [6.07, 6.45) is 5.36. The van der Waals surface area contributed by atoms with Crippen LogP contribution in [0.3, 0.4) is 0 Å². The van der Waals surface area contributed by atoms with E-state index in [9.17, 15) is 0 Å². The summed E-state index contributed by atoms with van der Waals surface area (Å²) in [4.78, 5) is 10.9. The Morgan fingerprint density at radius 3 is 2.40 bits per heavy atom. The van der Waals surface area contributed by atoms with Crippen LogP contribution in [-0.2, 0) is 13.1 Å². The second kappa shape index (κ2) is 8.59. The van der Waals surface area contributed by atoms with Crippen LogP contribution in [0, 0.1) is 5.92 Å². The second-order valence-corrected chi connectivity index (χ2v) is 8.08. The van der Waals surface area contributed by atoms with E-state index in [-0.39, 0.29) is 0 Å². The Kier molecular flexibility index (Phi) is 5.72. The van der Waals surface area contributed by atoms with Crippen LogP contribution in [0.25, 0.3) is 34.1 Å². The van der Waals surface area contributed by atoms with Crippen LogP contribution < -0.4 is 0 Å². The van der Waals surface area contributed by atoms with E-state index in [0.717, 1.165) is 35.5 Å². The molecule has 0 N–H and O–H groups in total. The minimum absolute atomic E-state index is 0.456. The minimum Gasteiger partial charge on any atom is -0.333 e. The molecule has 4 rings (SSSR count). The molecule has 3 aromatic heterocycles. The highest BCUT2D eigenvalue weighted by Gasteiger charge is 2.20. The van der Waals surface area contributed by atoms with E-state index in [4.69, 9.17) is 4.52 Å². The van der Waals surface area contributed by atoms with Crippen molar-refractivity contribution in [1.29, 1.82) is 0 Å². The van der Waals surface area contributed by atoms with E-state index >= 15 is 0 Å². The number of hydrogen-bond donors (Lipinski definition) is 0. The number of aromatic nitrogens is 5. The average Bonchev–Trinajstić information content (AvgIpc) is 3.35. The van der Waals surface area contributed by atoms with E-state index in [0.29, 0.717) is 17.6 Å². The molecule has 0 radical (unpaired) electrons. The Balaban J connectivity index is 1.69. The van der Waals surface area contributed by atoms with Gasteiger partial charge in [-0.2, -0.15) is 10.1 Å². The molecule has 0 spiro atoms. The van der Waals surface area contributed by atoms with E-state index < -0.39 is 0 Å². The highest BCUT2D eigenvalue weighted by Crippen LogP contribution is 2.32. The maximum absolute atomic E-state index is 5.64. The Morgan fingerprint density at radius 2 is 1.73 bits per heavy atom. The van der Waals surface area contributed by atoms with E-state index in [2.05, 4.69) is 65.2 Å². The van der Waals surface area contributed by atoms with Crippen LogP contribution in [0.5, 0.6) is 0 Å². The van der Waals surface area contributed by atoms with Gasteiger partial charge in [0.2, 0.25) is 5.82 Å². The van der Waals surface area contributed by atoms with E-state index in [1.165, 1.54) is 5.56 Å². The third kappa shape index (κ3) is 4.31. The van der Waals surface area contributed by atoms with Crippen LogP contribution in [0.15, 0.2) is 59.5 Å². The van der Waals surface area contributed by atoms with E-state index in [1.807, 2.05) is 28.9 Å². The first-order chi connectivity index (χ1) is 14.5. The molecule has 0 aliphatic carbocycles. The number of pyridine rings is 1. The zero-order chi connectivity index (χ0) is 21.1. The van der Waals surface area contributed by atoms with Crippen molar-refractivity contribution in [3.8, 4) is 34.1 Å². The van der Waals surface area contributed by atoms with Gasteiger partial charge in [0.1, 0.15) is 0 Å². The number of nitrogens with zero attached hydrogens (tertiary/aromatic N) is 6. The van der Waals surface area contributed by atoms with Crippen molar-refractivity contribution in [1.82, 2.24) is 29.8 Å². The molecule has 0 saturated carbocycles. The van der Waals surface area contributed by atoms with Crippen molar-refractivity contribution in [3.63, 3.8) is 0 Å². The lowest BCUT2D eigenvalue weighted by molar-refractivity contribution is 0.402. The highest BCUT2D eigenvalue weighted by molar-refractivity contribution is 5.77. The van der Waals surface area contributed by atoms with Crippen LogP contribution in [-0.4, -0.2) is 43.9 Å². The lowest BCUT2D eigenvalue weighted by atomic mass is 10.1. The van der Waals surface area contributed by atoms with Crippen LogP contribution in [0.4, 0.5) is 0 Å². The van der Waals surface area contributed by atoms with Crippen molar-refractivity contribution < 1.29 is 4.52 Å². The smallest absolute Gasteiger partial charge is 0.262 e. The van der Waals surface area contributed by atoms with Gasteiger partial charge in [0.25, 0.3) is 5.89 Å². The van der Waals surface area contributed by atoms with Gasteiger partial charge >= 0.3 is 0 Å². The first-order valence-corrected chi connectivity index (χ1v) is 10.1. The van der Waals surface area contributed by atoms with Crippen LogP contribution in [0.2, 0.25) is 0 Å². The predicted molar refractivity (Wildman–Crippen MR) is 116 cm³/mol. The molecule has 7 nitrogen and oxygen atoms in total. The topological polar surface area (TPSA) is 72.9 Å². The third-order valence-electron chi connectivity index (χ3n) is 4.70. The lowest BCUT2D eigenvalue weighted by Crippen LogP contribution is -2.10. The molecule has 0 bridgehead atoms. The number of hydrogen-bond acceptors (Lipinski definition) is 6. The molecule has 7 heteroatoms. The molecule has 154 valence electrons. The third-order valence-corrected chi connectivity index (χ3v) is 4.70. The lowest BCUT2D eigenvalue weighted by Gasteiger charge is -2.10. The molecule has 0 aliphatic rings. The van der Waals surface area contributed by atoms with Gasteiger partial charge in [0, 0.05) is 36.6 Å². The molecule has 0 fully saturated rings. The van der Waals surface area contributed by atoms with Crippen molar-refractivity contribution in [2.75, 3.05) is 14.1 Å². The van der Waals surface area contributed by atoms with Crippen molar-refractivity contribution >= 4 is 0 Å². The van der Waals surface area contributed by atoms with Gasteiger partial charge in [0.05, 0.1) is 17.5 Å². The minimum atomic E-state index is 0.456.